The van der Waals surface area contributed by atoms with Gasteiger partial charge in [0.2, 0.25) is 15.9 Å². The lowest BCUT2D eigenvalue weighted by Crippen LogP contribution is -2.40. The standard InChI is InChI=1S/C21H27N3O6S/c1-30-13-5-12-22-19(21(26)27)14-20(25)24-17-8-10-18(11-9-17)31(28,29)23-15-16-6-3-2-4-7-16/h2-4,6-11,19,22-23H,5,12-15H2,1H3,(H,24,25)(H,26,27). The van der Waals surface area contributed by atoms with Gasteiger partial charge in [0, 0.05) is 25.9 Å². The highest BCUT2D eigenvalue weighted by molar-refractivity contribution is 7.89. The summed E-state index contributed by atoms with van der Waals surface area (Å²) in [5.41, 5.74) is 1.20. The molecule has 0 heterocycles. The van der Waals surface area contributed by atoms with Gasteiger partial charge in [0.05, 0.1) is 11.3 Å². The number of carbonyl (C=O) groups excluding carboxylic acids is 1. The topological polar surface area (TPSA) is 134 Å². The first-order valence-corrected chi connectivity index (χ1v) is 11.2. The maximum absolute atomic E-state index is 12.4. The van der Waals surface area contributed by atoms with Crippen LogP contribution in [0.15, 0.2) is 59.5 Å². The Labute approximate surface area is 181 Å². The molecule has 31 heavy (non-hydrogen) atoms. The van der Waals surface area contributed by atoms with Crippen LogP contribution < -0.4 is 15.4 Å². The van der Waals surface area contributed by atoms with Gasteiger partial charge in [-0.2, -0.15) is 0 Å². The first kappa shape index (κ1) is 24.5. The van der Waals surface area contributed by atoms with Crippen molar-refractivity contribution in [3.63, 3.8) is 0 Å². The van der Waals surface area contributed by atoms with E-state index in [0.717, 1.165) is 5.56 Å². The molecular formula is C21H27N3O6S. The fraction of sp³-hybridized carbons (Fsp3) is 0.333. The molecule has 2 aromatic carbocycles. The zero-order valence-electron chi connectivity index (χ0n) is 17.2. The Bertz CT molecular complexity index is 949. The van der Waals surface area contributed by atoms with Crippen LogP contribution in [-0.2, 0) is 30.9 Å². The summed E-state index contributed by atoms with van der Waals surface area (Å²) in [6.45, 7) is 1.05. The van der Waals surface area contributed by atoms with Crippen LogP contribution in [-0.4, -0.2) is 51.7 Å². The van der Waals surface area contributed by atoms with Crippen LogP contribution in [0, 0.1) is 0 Å². The van der Waals surface area contributed by atoms with Gasteiger partial charge in [0.15, 0.2) is 0 Å². The summed E-state index contributed by atoms with van der Waals surface area (Å²) >= 11 is 0. The number of aliphatic carboxylic acids is 1. The number of ether oxygens (including phenoxy) is 1. The summed E-state index contributed by atoms with van der Waals surface area (Å²) in [5, 5.41) is 14.6. The average Bonchev–Trinajstić information content (AvgIpc) is 2.75. The quantitative estimate of drug-likeness (QED) is 0.341. The molecule has 0 aromatic heterocycles. The Morgan fingerprint density at radius 3 is 2.35 bits per heavy atom. The molecule has 1 atom stereocenters. The van der Waals surface area contributed by atoms with E-state index in [1.807, 2.05) is 30.3 Å². The van der Waals surface area contributed by atoms with E-state index >= 15 is 0 Å². The van der Waals surface area contributed by atoms with Crippen molar-refractivity contribution < 1.29 is 27.9 Å². The third-order valence-electron chi connectivity index (χ3n) is 4.36. The number of carbonyl (C=O) groups is 2. The van der Waals surface area contributed by atoms with Crippen LogP contribution in [0.3, 0.4) is 0 Å². The molecule has 2 aromatic rings. The molecule has 1 unspecified atom stereocenters. The number of rotatable bonds is 13. The Kier molecular flexibility index (Phi) is 9.60. The van der Waals surface area contributed by atoms with Gasteiger partial charge >= 0.3 is 5.97 Å². The number of carboxylic acids is 1. The van der Waals surface area contributed by atoms with Gasteiger partial charge in [0.25, 0.3) is 0 Å². The third kappa shape index (κ3) is 8.46. The normalized spacial score (nSPS) is 12.3. The predicted octanol–water partition coefficient (Wildman–Crippen LogP) is 1.57. The first-order valence-electron chi connectivity index (χ1n) is 9.70. The largest absolute Gasteiger partial charge is 0.480 e. The summed E-state index contributed by atoms with van der Waals surface area (Å²) in [5.74, 6) is -1.62. The molecule has 168 valence electrons. The van der Waals surface area contributed by atoms with Gasteiger partial charge in [-0.05, 0) is 42.8 Å². The molecule has 0 aliphatic heterocycles. The molecule has 0 aliphatic carbocycles. The molecule has 1 amide bonds. The van der Waals surface area contributed by atoms with Crippen molar-refractivity contribution in [3.8, 4) is 0 Å². The summed E-state index contributed by atoms with van der Waals surface area (Å²) in [6.07, 6.45) is 0.358. The third-order valence-corrected chi connectivity index (χ3v) is 5.78. The van der Waals surface area contributed by atoms with Crippen LogP contribution in [0.4, 0.5) is 5.69 Å². The van der Waals surface area contributed by atoms with E-state index in [1.54, 1.807) is 7.11 Å². The van der Waals surface area contributed by atoms with Gasteiger partial charge in [-0.15, -0.1) is 0 Å². The van der Waals surface area contributed by atoms with Gasteiger partial charge in [0.1, 0.15) is 6.04 Å². The van der Waals surface area contributed by atoms with Crippen molar-refractivity contribution in [2.24, 2.45) is 0 Å². The highest BCUT2D eigenvalue weighted by Crippen LogP contribution is 2.15. The Morgan fingerprint density at radius 1 is 1.06 bits per heavy atom. The Morgan fingerprint density at radius 2 is 1.74 bits per heavy atom. The molecule has 0 spiro atoms. The van der Waals surface area contributed by atoms with Crippen LogP contribution in [0.5, 0.6) is 0 Å². The second kappa shape index (κ2) is 12.2. The zero-order valence-corrected chi connectivity index (χ0v) is 18.0. The van der Waals surface area contributed by atoms with E-state index in [1.165, 1.54) is 24.3 Å². The maximum Gasteiger partial charge on any atom is 0.321 e. The molecular weight excluding hydrogens is 422 g/mol. The number of amides is 1. The fourth-order valence-corrected chi connectivity index (χ4v) is 3.73. The number of hydrogen-bond acceptors (Lipinski definition) is 6. The van der Waals surface area contributed by atoms with Gasteiger partial charge < -0.3 is 20.5 Å². The van der Waals surface area contributed by atoms with Gasteiger partial charge in [-0.3, -0.25) is 9.59 Å². The SMILES string of the molecule is COCCCNC(CC(=O)Nc1ccc(S(=O)(=O)NCc2ccccc2)cc1)C(=O)O. The number of nitrogens with one attached hydrogen (secondary N) is 3. The molecule has 9 nitrogen and oxygen atoms in total. The van der Waals surface area contributed by atoms with Crippen molar-refractivity contribution in [1.29, 1.82) is 0 Å². The summed E-state index contributed by atoms with van der Waals surface area (Å²) in [4.78, 5) is 23.6. The second-order valence-electron chi connectivity index (χ2n) is 6.78. The number of methoxy groups -OCH3 is 1. The number of anilines is 1. The Hall–Kier alpha value is -2.79. The molecule has 0 saturated heterocycles. The molecule has 0 radical (unpaired) electrons. The van der Waals surface area contributed by atoms with Crippen molar-refractivity contribution in [2.45, 2.75) is 30.3 Å². The zero-order chi connectivity index (χ0) is 22.7. The maximum atomic E-state index is 12.4. The van der Waals surface area contributed by atoms with Crippen molar-refractivity contribution in [3.05, 3.63) is 60.2 Å². The minimum atomic E-state index is -3.71. The molecule has 2 rings (SSSR count). The van der Waals surface area contributed by atoms with E-state index in [2.05, 4.69) is 15.4 Å². The minimum absolute atomic E-state index is 0.0599. The van der Waals surface area contributed by atoms with Crippen LogP contribution in [0.25, 0.3) is 0 Å². The van der Waals surface area contributed by atoms with Gasteiger partial charge in [-0.1, -0.05) is 30.3 Å². The lowest BCUT2D eigenvalue weighted by Gasteiger charge is -2.14. The van der Waals surface area contributed by atoms with E-state index in [9.17, 15) is 23.1 Å². The van der Waals surface area contributed by atoms with Crippen molar-refractivity contribution in [1.82, 2.24) is 10.0 Å². The summed E-state index contributed by atoms with van der Waals surface area (Å²) < 4.78 is 32.3. The van der Waals surface area contributed by atoms with Crippen molar-refractivity contribution >= 4 is 27.6 Å². The number of hydrogen-bond donors (Lipinski definition) is 4. The molecule has 10 heteroatoms. The number of benzene rings is 2. The van der Waals surface area contributed by atoms with E-state index in [4.69, 9.17) is 4.74 Å². The first-order chi connectivity index (χ1) is 14.8. The molecule has 4 N–H and O–H groups in total. The molecule has 0 bridgehead atoms. The summed E-state index contributed by atoms with van der Waals surface area (Å²) in [7, 11) is -2.16. The number of carboxylic acid groups (broad SMARTS) is 1. The molecule has 0 fully saturated rings. The predicted molar refractivity (Wildman–Crippen MR) is 116 cm³/mol. The van der Waals surface area contributed by atoms with Crippen LogP contribution in [0.2, 0.25) is 0 Å². The highest BCUT2D eigenvalue weighted by Gasteiger charge is 2.21. The monoisotopic (exact) mass is 449 g/mol. The van der Waals surface area contributed by atoms with Crippen molar-refractivity contribution in [2.75, 3.05) is 25.6 Å². The van der Waals surface area contributed by atoms with Crippen LogP contribution in [0.1, 0.15) is 18.4 Å². The lowest BCUT2D eigenvalue weighted by molar-refractivity contribution is -0.141. The second-order valence-corrected chi connectivity index (χ2v) is 8.55. The lowest BCUT2D eigenvalue weighted by atomic mass is 10.2. The minimum Gasteiger partial charge on any atom is -0.480 e. The average molecular weight is 450 g/mol. The highest BCUT2D eigenvalue weighted by atomic mass is 32.2. The van der Waals surface area contributed by atoms with E-state index in [-0.39, 0.29) is 17.9 Å². The fourth-order valence-electron chi connectivity index (χ4n) is 2.71. The smallest absolute Gasteiger partial charge is 0.321 e. The van der Waals surface area contributed by atoms with Gasteiger partial charge in [-0.25, -0.2) is 13.1 Å². The molecule has 0 saturated carbocycles. The summed E-state index contributed by atoms with van der Waals surface area (Å²) in [6, 6.07) is 13.8. The molecule has 0 aliphatic rings. The van der Waals surface area contributed by atoms with E-state index < -0.39 is 27.9 Å². The number of sulfonamides is 1. The Balaban J connectivity index is 1.90. The van der Waals surface area contributed by atoms with E-state index in [0.29, 0.717) is 25.3 Å². The van der Waals surface area contributed by atoms with Crippen LogP contribution >= 0.6 is 0 Å².